The van der Waals surface area contributed by atoms with Crippen LogP contribution in [0.5, 0.6) is 0 Å². The molecule has 9 nitrogen and oxygen atoms in total. The molecule has 3 aromatic rings. The molecule has 0 radical (unpaired) electrons. The first kappa shape index (κ1) is 29.7. The minimum absolute atomic E-state index is 0.217. The van der Waals surface area contributed by atoms with E-state index in [0.717, 1.165) is 68.1 Å². The number of aromatic nitrogens is 1. The Morgan fingerprint density at radius 1 is 1.02 bits per heavy atom. The second-order valence-corrected chi connectivity index (χ2v) is 12.5. The lowest BCUT2D eigenvalue weighted by atomic mass is 10.0. The zero-order chi connectivity index (χ0) is 28.7. The maximum Gasteiger partial charge on any atom is 0.303 e. The van der Waals surface area contributed by atoms with E-state index in [1.807, 2.05) is 37.3 Å². The normalized spacial score (nSPS) is 13.6. The molecule has 0 unspecified atom stereocenters. The quantitative estimate of drug-likeness (QED) is 0.189. The predicted molar refractivity (Wildman–Crippen MR) is 155 cm³/mol. The van der Waals surface area contributed by atoms with Crippen LogP contribution in [-0.2, 0) is 20.6 Å². The number of aliphatic carboxylic acids is 1. The number of unbranched alkanes of at least 4 members (excludes halogenated alkanes) is 6. The van der Waals surface area contributed by atoms with Crippen molar-refractivity contribution in [2.75, 3.05) is 13.6 Å². The number of nitrogens with zero attached hydrogens (tertiary/aromatic N) is 1. The molecule has 1 saturated carbocycles. The highest BCUT2D eigenvalue weighted by Crippen LogP contribution is 2.44. The molecule has 1 aliphatic carbocycles. The maximum absolute atomic E-state index is 13.0. The average molecular weight is 570 g/mol. The van der Waals surface area contributed by atoms with Crippen LogP contribution >= 0.6 is 0 Å². The second kappa shape index (κ2) is 13.4. The van der Waals surface area contributed by atoms with E-state index in [1.165, 1.54) is 0 Å². The molecule has 2 heterocycles. The number of benzene rings is 1. The zero-order valence-electron chi connectivity index (χ0n) is 23.3. The van der Waals surface area contributed by atoms with Crippen molar-refractivity contribution in [3.8, 4) is 11.3 Å². The third-order valence-corrected chi connectivity index (χ3v) is 8.59. The van der Waals surface area contributed by atoms with Gasteiger partial charge < -0.3 is 14.8 Å². The number of fused-ring (bicyclic) bond motifs is 1. The van der Waals surface area contributed by atoms with Gasteiger partial charge in [-0.25, -0.2) is 18.1 Å². The number of aryl methyl sites for hydroxylation is 1. The van der Waals surface area contributed by atoms with Crippen LogP contribution in [0.1, 0.15) is 97.3 Å². The molecule has 0 aliphatic heterocycles. The minimum Gasteiger partial charge on any atom is -0.481 e. The lowest BCUT2D eigenvalue weighted by Crippen LogP contribution is -2.27. The first-order chi connectivity index (χ1) is 19.2. The minimum atomic E-state index is -3.61. The van der Waals surface area contributed by atoms with Gasteiger partial charge >= 0.3 is 5.97 Å². The van der Waals surface area contributed by atoms with Crippen molar-refractivity contribution in [2.45, 2.75) is 82.8 Å². The summed E-state index contributed by atoms with van der Waals surface area (Å²) in [6, 6.07) is 9.59. The number of carbonyl (C=O) groups excluding carboxylic acids is 1. The molecule has 0 atom stereocenters. The number of carboxylic acid groups (broad SMARTS) is 1. The number of rotatable bonds is 16. The average Bonchev–Trinajstić information content (AvgIpc) is 3.69. The summed E-state index contributed by atoms with van der Waals surface area (Å²) in [7, 11) is -2.04. The molecule has 40 heavy (non-hydrogen) atoms. The molecule has 2 aromatic heterocycles. The van der Waals surface area contributed by atoms with Gasteiger partial charge in [-0.3, -0.25) is 9.59 Å². The summed E-state index contributed by atoms with van der Waals surface area (Å²) >= 11 is 0. The molecule has 3 N–H and O–H groups in total. The largest absolute Gasteiger partial charge is 0.481 e. The maximum atomic E-state index is 13.0. The van der Waals surface area contributed by atoms with Crippen LogP contribution in [0, 0.1) is 6.92 Å². The van der Waals surface area contributed by atoms with Gasteiger partial charge in [0.1, 0.15) is 11.5 Å². The van der Waals surface area contributed by atoms with E-state index in [2.05, 4.69) is 15.0 Å². The highest BCUT2D eigenvalue weighted by molar-refractivity contribution is 7.88. The third kappa shape index (κ3) is 7.91. The van der Waals surface area contributed by atoms with Crippen molar-refractivity contribution >= 4 is 33.0 Å². The van der Waals surface area contributed by atoms with E-state index in [0.29, 0.717) is 35.4 Å². The van der Waals surface area contributed by atoms with E-state index in [9.17, 15) is 18.0 Å². The Hall–Kier alpha value is -3.24. The number of pyridine rings is 1. The monoisotopic (exact) mass is 569 g/mol. The van der Waals surface area contributed by atoms with Crippen LogP contribution in [0.4, 0.5) is 0 Å². The van der Waals surface area contributed by atoms with Crippen LogP contribution in [0.3, 0.4) is 0 Å². The van der Waals surface area contributed by atoms with Crippen molar-refractivity contribution in [3.05, 3.63) is 52.7 Å². The Balaban J connectivity index is 1.44. The molecule has 10 heteroatoms. The molecule has 0 saturated heterocycles. The Labute approximate surface area is 235 Å². The molecule has 216 valence electrons. The Kier molecular flexibility index (Phi) is 9.97. The summed E-state index contributed by atoms with van der Waals surface area (Å²) in [5.41, 5.74) is 3.84. The van der Waals surface area contributed by atoms with E-state index >= 15 is 0 Å². The smallest absolute Gasteiger partial charge is 0.303 e. The van der Waals surface area contributed by atoms with Gasteiger partial charge in [0.15, 0.2) is 0 Å². The van der Waals surface area contributed by atoms with Crippen LogP contribution in [0.2, 0.25) is 0 Å². The number of nitrogens with one attached hydrogen (secondary N) is 2. The third-order valence-electron chi connectivity index (χ3n) is 7.30. The van der Waals surface area contributed by atoms with Gasteiger partial charge in [-0.15, -0.1) is 0 Å². The van der Waals surface area contributed by atoms with Crippen molar-refractivity contribution in [2.24, 2.45) is 0 Å². The highest BCUT2D eigenvalue weighted by atomic mass is 32.2. The first-order valence-electron chi connectivity index (χ1n) is 14.1. The summed E-state index contributed by atoms with van der Waals surface area (Å²) in [5, 5.41) is 12.0. The molecule has 1 fully saturated rings. The van der Waals surface area contributed by atoms with Crippen molar-refractivity contribution in [1.82, 2.24) is 15.0 Å². The fraction of sp³-hybridized carbons (Fsp3) is 0.500. The van der Waals surface area contributed by atoms with Crippen LogP contribution < -0.4 is 10.0 Å². The predicted octanol–water partition coefficient (Wildman–Crippen LogP) is 5.67. The van der Waals surface area contributed by atoms with Gasteiger partial charge in [0.2, 0.25) is 15.7 Å². The number of hydrogen-bond acceptors (Lipinski definition) is 6. The molecular formula is C30H39N3O6S. The second-order valence-electron chi connectivity index (χ2n) is 10.7. The van der Waals surface area contributed by atoms with E-state index in [4.69, 9.17) is 9.52 Å². The van der Waals surface area contributed by atoms with Crippen LogP contribution in [0.25, 0.3) is 22.4 Å². The fourth-order valence-corrected chi connectivity index (χ4v) is 6.09. The van der Waals surface area contributed by atoms with Gasteiger partial charge in [-0.1, -0.05) is 61.9 Å². The Morgan fingerprint density at radius 2 is 1.68 bits per heavy atom. The molecule has 1 aromatic carbocycles. The molecular weight excluding hydrogens is 530 g/mol. The van der Waals surface area contributed by atoms with Crippen LogP contribution in [0.15, 0.2) is 34.7 Å². The molecule has 0 spiro atoms. The van der Waals surface area contributed by atoms with Gasteiger partial charge in [-0.2, -0.15) is 0 Å². The SMILES string of the molecule is CNC(=O)c1c(-c2ccc(C)cc2)oc2nc(CS(=O)(=O)NCCCCCCCCCC(=O)O)c(C3CC3)cc12. The first-order valence-corrected chi connectivity index (χ1v) is 15.8. The Morgan fingerprint density at radius 3 is 2.30 bits per heavy atom. The Bertz CT molecular complexity index is 1440. The number of furan rings is 1. The standard InChI is InChI=1S/C30H39N3O6S/c1-20-11-13-22(14-12-20)28-27(29(36)31-2)24-18-23(21-15-16-21)25(33-30(24)39-28)19-40(37,38)32-17-9-7-5-3-4-6-8-10-26(34)35/h11-14,18,21,32H,3-10,15-17,19H2,1-2H3,(H,31,36)(H,34,35). The summed E-state index contributed by atoms with van der Waals surface area (Å²) in [6.45, 7) is 2.35. The highest BCUT2D eigenvalue weighted by Gasteiger charge is 2.31. The molecule has 1 aliphatic rings. The lowest BCUT2D eigenvalue weighted by Gasteiger charge is -2.10. The van der Waals surface area contributed by atoms with E-state index in [1.54, 1.807) is 7.05 Å². The number of hydrogen-bond donors (Lipinski definition) is 3. The fourth-order valence-electron chi connectivity index (χ4n) is 4.94. The summed E-state index contributed by atoms with van der Waals surface area (Å²) in [6.07, 6.45) is 8.42. The van der Waals surface area contributed by atoms with Gasteiger partial charge in [0.25, 0.3) is 5.91 Å². The number of amides is 1. The van der Waals surface area contributed by atoms with Crippen molar-refractivity contribution < 1.29 is 27.5 Å². The summed E-state index contributed by atoms with van der Waals surface area (Å²) in [4.78, 5) is 28.1. The lowest BCUT2D eigenvalue weighted by molar-refractivity contribution is -0.137. The van der Waals surface area contributed by atoms with E-state index < -0.39 is 16.0 Å². The van der Waals surface area contributed by atoms with E-state index in [-0.39, 0.29) is 29.7 Å². The van der Waals surface area contributed by atoms with Crippen molar-refractivity contribution in [1.29, 1.82) is 0 Å². The molecule has 4 rings (SSSR count). The summed E-state index contributed by atoms with van der Waals surface area (Å²) < 4.78 is 34.8. The van der Waals surface area contributed by atoms with Crippen LogP contribution in [-0.4, -0.2) is 44.0 Å². The summed E-state index contributed by atoms with van der Waals surface area (Å²) in [5.74, 6) is -0.623. The number of sulfonamides is 1. The topological polar surface area (TPSA) is 139 Å². The van der Waals surface area contributed by atoms with Gasteiger partial charge in [-0.05, 0) is 50.2 Å². The van der Waals surface area contributed by atoms with Crippen molar-refractivity contribution in [3.63, 3.8) is 0 Å². The number of carboxylic acids is 1. The molecule has 0 bridgehead atoms. The van der Waals surface area contributed by atoms with Gasteiger partial charge in [0.05, 0.1) is 16.6 Å². The number of carbonyl (C=O) groups is 2. The zero-order valence-corrected chi connectivity index (χ0v) is 24.1. The molecule has 1 amide bonds. The van der Waals surface area contributed by atoms with Gasteiger partial charge in [0, 0.05) is 25.6 Å².